The Hall–Kier alpha value is -4.12. The van der Waals surface area contributed by atoms with E-state index in [1.807, 2.05) is 30.3 Å². The second-order valence-electron chi connectivity index (χ2n) is 10.2. The Balaban J connectivity index is 1.56. The molecule has 0 unspecified atom stereocenters. The van der Waals surface area contributed by atoms with Gasteiger partial charge in [-0.3, -0.25) is 9.59 Å². The number of rotatable bonds is 9. The van der Waals surface area contributed by atoms with Crippen LogP contribution < -0.4 is 15.4 Å². The number of nitrogens with zero attached hydrogens (tertiary/aromatic N) is 2. The van der Waals surface area contributed by atoms with Gasteiger partial charge in [-0.05, 0) is 73.6 Å². The minimum Gasteiger partial charge on any atom is -0.497 e. The average Bonchev–Trinajstić information content (AvgIpc) is 3.31. The van der Waals surface area contributed by atoms with Gasteiger partial charge in [-0.15, -0.1) is 0 Å². The number of amides is 2. The van der Waals surface area contributed by atoms with Gasteiger partial charge in [-0.1, -0.05) is 42.5 Å². The summed E-state index contributed by atoms with van der Waals surface area (Å²) in [5, 5.41) is 6.46. The molecule has 0 spiro atoms. The van der Waals surface area contributed by atoms with Gasteiger partial charge in [0.2, 0.25) is 11.8 Å². The van der Waals surface area contributed by atoms with Crippen molar-refractivity contribution in [2.45, 2.75) is 38.1 Å². The molecule has 3 aromatic carbocycles. The Morgan fingerprint density at radius 3 is 2.24 bits per heavy atom. The first kappa shape index (κ1) is 29.9. The predicted octanol–water partition coefficient (Wildman–Crippen LogP) is 5.39. The van der Waals surface area contributed by atoms with Gasteiger partial charge < -0.3 is 25.2 Å². The molecular formula is C30H31F3N4O3S. The fourth-order valence-electron chi connectivity index (χ4n) is 4.51. The van der Waals surface area contributed by atoms with Gasteiger partial charge >= 0.3 is 6.18 Å². The normalized spacial score (nSPS) is 15.3. The number of carbonyl (C=O) groups is 2. The number of anilines is 1. The number of nitrogens with one attached hydrogen (secondary N) is 2. The highest BCUT2D eigenvalue weighted by atomic mass is 32.1. The maximum absolute atomic E-state index is 13.8. The molecular weight excluding hydrogens is 553 g/mol. The summed E-state index contributed by atoms with van der Waals surface area (Å²) in [6, 6.07) is 20.9. The van der Waals surface area contributed by atoms with Crippen molar-refractivity contribution in [1.82, 2.24) is 15.1 Å². The Bertz CT molecular complexity index is 1380. The van der Waals surface area contributed by atoms with Crippen molar-refractivity contribution in [1.29, 1.82) is 0 Å². The maximum atomic E-state index is 13.8. The third-order valence-electron chi connectivity index (χ3n) is 7.02. The molecule has 1 atom stereocenters. The van der Waals surface area contributed by atoms with Crippen LogP contribution in [0.4, 0.5) is 18.9 Å². The van der Waals surface area contributed by atoms with Crippen LogP contribution >= 0.6 is 12.2 Å². The standard InChI is InChI=1S/C30H31F3N4O3S/c1-29(2,27(39)34-23-13-15-24(40-3)16-14-23)37(17-20-9-11-22(12-10-20)30(31,32)33)26(38)19-36-18-25(35-28(36)41)21-7-5-4-6-8-21/h4-16,25H,17-19H2,1-3H3,(H,34,39)(H,35,41)/t25-/m1/s1. The zero-order valence-electron chi connectivity index (χ0n) is 22.9. The lowest BCUT2D eigenvalue weighted by Crippen LogP contribution is -2.57. The highest BCUT2D eigenvalue weighted by molar-refractivity contribution is 7.80. The summed E-state index contributed by atoms with van der Waals surface area (Å²) in [5.41, 5.74) is -0.211. The van der Waals surface area contributed by atoms with Crippen LogP contribution in [-0.2, 0) is 22.3 Å². The Morgan fingerprint density at radius 2 is 1.66 bits per heavy atom. The zero-order valence-corrected chi connectivity index (χ0v) is 23.7. The Morgan fingerprint density at radius 1 is 1.02 bits per heavy atom. The van der Waals surface area contributed by atoms with Gasteiger partial charge in [-0.2, -0.15) is 13.2 Å². The van der Waals surface area contributed by atoms with Crippen molar-refractivity contribution in [2.24, 2.45) is 0 Å². The molecule has 0 saturated carbocycles. The van der Waals surface area contributed by atoms with E-state index in [1.165, 1.54) is 24.1 Å². The topological polar surface area (TPSA) is 73.9 Å². The van der Waals surface area contributed by atoms with Crippen LogP contribution in [0.15, 0.2) is 78.9 Å². The molecule has 7 nitrogen and oxygen atoms in total. The molecule has 1 saturated heterocycles. The molecule has 0 aliphatic carbocycles. The van der Waals surface area contributed by atoms with Crippen LogP contribution in [0.3, 0.4) is 0 Å². The van der Waals surface area contributed by atoms with Crippen molar-refractivity contribution >= 4 is 34.8 Å². The first-order valence-electron chi connectivity index (χ1n) is 12.9. The van der Waals surface area contributed by atoms with Gasteiger partial charge in [0.05, 0.1) is 25.3 Å². The van der Waals surface area contributed by atoms with Crippen molar-refractivity contribution in [3.05, 3.63) is 95.6 Å². The van der Waals surface area contributed by atoms with Gasteiger partial charge in [-0.25, -0.2) is 0 Å². The van der Waals surface area contributed by atoms with Gasteiger partial charge in [0.25, 0.3) is 0 Å². The fraction of sp³-hybridized carbons (Fsp3) is 0.300. The van der Waals surface area contributed by atoms with Crippen LogP contribution in [0.1, 0.15) is 36.6 Å². The molecule has 1 heterocycles. The first-order chi connectivity index (χ1) is 19.4. The lowest BCUT2D eigenvalue weighted by atomic mass is 9.99. The second-order valence-corrected chi connectivity index (χ2v) is 10.6. The number of ether oxygens (including phenoxy) is 1. The summed E-state index contributed by atoms with van der Waals surface area (Å²) in [6.07, 6.45) is -4.49. The minimum atomic E-state index is -4.49. The number of methoxy groups -OCH3 is 1. The zero-order chi connectivity index (χ0) is 29.8. The molecule has 1 aliphatic rings. The number of halogens is 3. The van der Waals surface area contributed by atoms with E-state index in [0.717, 1.165) is 17.7 Å². The predicted molar refractivity (Wildman–Crippen MR) is 154 cm³/mol. The molecule has 1 aliphatic heterocycles. The lowest BCUT2D eigenvalue weighted by molar-refractivity contribution is -0.144. The number of carbonyl (C=O) groups excluding carboxylic acids is 2. The molecule has 1 fully saturated rings. The molecule has 3 aromatic rings. The van der Waals surface area contributed by atoms with E-state index in [1.54, 1.807) is 43.0 Å². The van der Waals surface area contributed by atoms with E-state index in [4.69, 9.17) is 17.0 Å². The molecule has 216 valence electrons. The number of benzene rings is 3. The van der Waals surface area contributed by atoms with Crippen LogP contribution in [0.2, 0.25) is 0 Å². The summed E-state index contributed by atoms with van der Waals surface area (Å²) >= 11 is 5.50. The Labute approximate surface area is 242 Å². The minimum absolute atomic E-state index is 0.0872. The highest BCUT2D eigenvalue weighted by Gasteiger charge is 2.40. The smallest absolute Gasteiger partial charge is 0.416 e. The molecule has 2 amide bonds. The van der Waals surface area contributed by atoms with E-state index in [0.29, 0.717) is 28.7 Å². The van der Waals surface area contributed by atoms with Gasteiger partial charge in [0.15, 0.2) is 5.11 Å². The van der Waals surface area contributed by atoms with Crippen LogP contribution in [0.25, 0.3) is 0 Å². The molecule has 4 rings (SSSR count). The molecule has 0 bridgehead atoms. The summed E-state index contributed by atoms with van der Waals surface area (Å²) in [4.78, 5) is 30.4. The number of hydrogen-bond acceptors (Lipinski definition) is 4. The summed E-state index contributed by atoms with van der Waals surface area (Å²) in [7, 11) is 1.53. The average molecular weight is 585 g/mol. The monoisotopic (exact) mass is 584 g/mol. The molecule has 0 radical (unpaired) electrons. The lowest BCUT2D eigenvalue weighted by Gasteiger charge is -2.38. The number of hydrogen-bond donors (Lipinski definition) is 2. The van der Waals surface area contributed by atoms with Gasteiger partial charge in [0, 0.05) is 18.8 Å². The Kier molecular flexibility index (Phi) is 8.86. The molecule has 11 heteroatoms. The summed E-state index contributed by atoms with van der Waals surface area (Å²) < 4.78 is 44.5. The third kappa shape index (κ3) is 7.15. The van der Waals surface area contributed by atoms with Crippen molar-refractivity contribution in [3.63, 3.8) is 0 Å². The second kappa shape index (κ2) is 12.2. The quantitative estimate of drug-likeness (QED) is 0.329. The highest BCUT2D eigenvalue weighted by Crippen LogP contribution is 2.30. The molecule has 41 heavy (non-hydrogen) atoms. The van der Waals surface area contributed by atoms with Crippen molar-refractivity contribution < 1.29 is 27.5 Å². The fourth-order valence-corrected chi connectivity index (χ4v) is 4.79. The van der Waals surface area contributed by atoms with E-state index in [-0.39, 0.29) is 19.1 Å². The summed E-state index contributed by atoms with van der Waals surface area (Å²) in [6.45, 7) is 3.44. The van der Waals surface area contributed by atoms with E-state index in [2.05, 4.69) is 10.6 Å². The molecule has 0 aromatic heterocycles. The number of alkyl halides is 3. The van der Waals surface area contributed by atoms with E-state index >= 15 is 0 Å². The van der Waals surface area contributed by atoms with E-state index in [9.17, 15) is 22.8 Å². The van der Waals surface area contributed by atoms with Crippen LogP contribution in [0.5, 0.6) is 5.75 Å². The number of thiocarbonyl (C=S) groups is 1. The van der Waals surface area contributed by atoms with E-state index < -0.39 is 29.1 Å². The van der Waals surface area contributed by atoms with Crippen LogP contribution in [-0.4, -0.2) is 52.5 Å². The third-order valence-corrected chi connectivity index (χ3v) is 7.39. The maximum Gasteiger partial charge on any atom is 0.416 e. The van der Waals surface area contributed by atoms with Crippen molar-refractivity contribution in [3.8, 4) is 5.75 Å². The van der Waals surface area contributed by atoms with Gasteiger partial charge in [0.1, 0.15) is 11.3 Å². The summed E-state index contributed by atoms with van der Waals surface area (Å²) in [5.74, 6) is -0.254. The first-order valence-corrected chi connectivity index (χ1v) is 13.3. The SMILES string of the molecule is COc1ccc(NC(=O)C(C)(C)N(Cc2ccc(C(F)(F)F)cc2)C(=O)CN2C[C@H](c3ccccc3)NC2=S)cc1. The largest absolute Gasteiger partial charge is 0.497 e. The molecule has 2 N–H and O–H groups in total. The van der Waals surface area contributed by atoms with Crippen LogP contribution in [0, 0.1) is 0 Å². The van der Waals surface area contributed by atoms with Crippen molar-refractivity contribution in [2.75, 3.05) is 25.5 Å².